The zero-order valence-corrected chi connectivity index (χ0v) is 10.5. The number of carbonyl (C=O) groups is 1. The molecule has 0 fully saturated rings. The van der Waals surface area contributed by atoms with Crippen molar-refractivity contribution < 1.29 is 14.3 Å². The van der Waals surface area contributed by atoms with Crippen LogP contribution in [-0.2, 0) is 4.74 Å². The molecule has 1 aromatic rings. The molecule has 4 heteroatoms. The summed E-state index contributed by atoms with van der Waals surface area (Å²) in [6, 6.07) is 4.91. The van der Waals surface area contributed by atoms with Crippen molar-refractivity contribution in [3.8, 4) is 5.75 Å². The number of nitrogens with two attached hydrogens (primary N) is 1. The molecule has 1 aromatic carbocycles. The third-order valence-electron chi connectivity index (χ3n) is 2.02. The highest BCUT2D eigenvalue weighted by atomic mass is 16.5. The van der Waals surface area contributed by atoms with E-state index in [0.717, 1.165) is 0 Å². The molecule has 0 radical (unpaired) electrons. The minimum absolute atomic E-state index is 0.311. The van der Waals surface area contributed by atoms with Crippen LogP contribution in [-0.4, -0.2) is 19.2 Å². The molecule has 2 N–H and O–H groups in total. The highest BCUT2D eigenvalue weighted by molar-refractivity contribution is 5.91. The van der Waals surface area contributed by atoms with Gasteiger partial charge in [-0.15, -0.1) is 0 Å². The van der Waals surface area contributed by atoms with Gasteiger partial charge in [-0.2, -0.15) is 0 Å². The Morgan fingerprint density at radius 2 is 2.06 bits per heavy atom. The molecule has 0 aliphatic rings. The molecule has 17 heavy (non-hydrogen) atoms. The molecule has 0 aliphatic heterocycles. The molecule has 0 saturated heterocycles. The van der Waals surface area contributed by atoms with Gasteiger partial charge in [-0.3, -0.25) is 0 Å². The number of nitrogen functional groups attached to an aromatic ring is 1. The summed E-state index contributed by atoms with van der Waals surface area (Å²) in [5.74, 6) is 0.530. The van der Waals surface area contributed by atoms with Crippen LogP contribution in [0.4, 0.5) is 5.69 Å². The van der Waals surface area contributed by atoms with Crippen LogP contribution < -0.4 is 10.5 Å². The lowest BCUT2D eigenvalue weighted by Gasteiger charge is -2.09. The molecule has 0 spiro atoms. The molecular weight excluding hydrogens is 218 g/mol. The summed E-state index contributed by atoms with van der Waals surface area (Å²) in [6.45, 7) is 6.78. The lowest BCUT2D eigenvalue weighted by molar-refractivity contribution is 0.0458. The zero-order chi connectivity index (χ0) is 12.8. The van der Waals surface area contributed by atoms with Crippen LogP contribution in [0.5, 0.6) is 5.75 Å². The number of carbonyl (C=O) groups excluding carboxylic acids is 1. The number of rotatable bonds is 5. The third-order valence-corrected chi connectivity index (χ3v) is 2.02. The third kappa shape index (κ3) is 4.34. The Morgan fingerprint density at radius 3 is 2.65 bits per heavy atom. The van der Waals surface area contributed by atoms with Crippen LogP contribution in [0.25, 0.3) is 0 Å². The molecule has 0 unspecified atom stereocenters. The highest BCUT2D eigenvalue weighted by Crippen LogP contribution is 2.19. The first-order chi connectivity index (χ1) is 8.02. The summed E-state index contributed by atoms with van der Waals surface area (Å²) in [5.41, 5.74) is 6.61. The normalized spacial score (nSPS) is 10.4. The van der Waals surface area contributed by atoms with Crippen LogP contribution in [0.3, 0.4) is 0 Å². The van der Waals surface area contributed by atoms with Gasteiger partial charge < -0.3 is 15.2 Å². The van der Waals surface area contributed by atoms with Crippen molar-refractivity contribution in [3.05, 3.63) is 23.8 Å². The summed E-state index contributed by atoms with van der Waals surface area (Å²) in [4.78, 5) is 11.7. The van der Waals surface area contributed by atoms with E-state index in [0.29, 0.717) is 36.1 Å². The number of benzene rings is 1. The first-order valence-electron chi connectivity index (χ1n) is 5.73. The Labute approximate surface area is 102 Å². The second kappa shape index (κ2) is 6.13. The van der Waals surface area contributed by atoms with E-state index in [4.69, 9.17) is 15.2 Å². The Morgan fingerprint density at radius 1 is 1.35 bits per heavy atom. The highest BCUT2D eigenvalue weighted by Gasteiger charge is 2.10. The Hall–Kier alpha value is -1.71. The maximum Gasteiger partial charge on any atom is 0.338 e. The number of anilines is 1. The molecule has 0 bridgehead atoms. The van der Waals surface area contributed by atoms with Crippen LogP contribution in [0.1, 0.15) is 31.1 Å². The number of esters is 1. The summed E-state index contributed by atoms with van der Waals surface area (Å²) in [6.07, 6.45) is 0. The Kier molecular flexibility index (Phi) is 4.82. The molecule has 4 nitrogen and oxygen atoms in total. The molecule has 0 saturated carbocycles. The second-order valence-corrected chi connectivity index (χ2v) is 4.22. The average Bonchev–Trinajstić information content (AvgIpc) is 2.25. The van der Waals surface area contributed by atoms with Crippen LogP contribution in [0.2, 0.25) is 0 Å². The van der Waals surface area contributed by atoms with Crippen molar-refractivity contribution in [2.45, 2.75) is 20.8 Å². The first kappa shape index (κ1) is 13.4. The van der Waals surface area contributed by atoms with Gasteiger partial charge in [-0.25, -0.2) is 4.79 Å². The maximum atomic E-state index is 11.7. The van der Waals surface area contributed by atoms with Gasteiger partial charge in [0.1, 0.15) is 5.75 Å². The fourth-order valence-electron chi connectivity index (χ4n) is 1.32. The van der Waals surface area contributed by atoms with Crippen LogP contribution in [0, 0.1) is 5.92 Å². The van der Waals surface area contributed by atoms with E-state index >= 15 is 0 Å². The molecule has 0 aliphatic carbocycles. The van der Waals surface area contributed by atoms with E-state index in [1.54, 1.807) is 18.2 Å². The van der Waals surface area contributed by atoms with E-state index in [9.17, 15) is 4.79 Å². The van der Waals surface area contributed by atoms with E-state index < -0.39 is 0 Å². The van der Waals surface area contributed by atoms with Gasteiger partial charge in [0.05, 0.1) is 18.8 Å². The number of hydrogen-bond donors (Lipinski definition) is 1. The average molecular weight is 237 g/mol. The zero-order valence-electron chi connectivity index (χ0n) is 10.5. The summed E-state index contributed by atoms with van der Waals surface area (Å²) < 4.78 is 10.4. The van der Waals surface area contributed by atoms with E-state index in [-0.39, 0.29) is 5.97 Å². The van der Waals surface area contributed by atoms with E-state index in [1.807, 2.05) is 20.8 Å². The molecular formula is C13H19NO3. The Balaban J connectivity index is 2.78. The van der Waals surface area contributed by atoms with Gasteiger partial charge in [0.25, 0.3) is 0 Å². The van der Waals surface area contributed by atoms with E-state index in [2.05, 4.69) is 0 Å². The van der Waals surface area contributed by atoms with Gasteiger partial charge in [0.2, 0.25) is 0 Å². The predicted octanol–water partition coefficient (Wildman–Crippen LogP) is 2.48. The van der Waals surface area contributed by atoms with Crippen molar-refractivity contribution in [1.29, 1.82) is 0 Å². The van der Waals surface area contributed by atoms with Gasteiger partial charge in [-0.05, 0) is 25.0 Å². The quantitative estimate of drug-likeness (QED) is 0.631. The molecule has 1 rings (SSSR count). The maximum absolute atomic E-state index is 11.7. The topological polar surface area (TPSA) is 61.5 Å². The fourth-order valence-corrected chi connectivity index (χ4v) is 1.32. The standard InChI is InChI=1S/C13H19NO3/c1-4-16-12-6-10(5-11(14)7-12)13(15)17-8-9(2)3/h5-7,9H,4,8,14H2,1-3H3. The van der Waals surface area contributed by atoms with E-state index in [1.165, 1.54) is 0 Å². The van der Waals surface area contributed by atoms with Gasteiger partial charge >= 0.3 is 5.97 Å². The van der Waals surface area contributed by atoms with Gasteiger partial charge in [0, 0.05) is 11.8 Å². The van der Waals surface area contributed by atoms with Gasteiger partial charge in [-0.1, -0.05) is 13.8 Å². The van der Waals surface area contributed by atoms with Gasteiger partial charge in [0.15, 0.2) is 0 Å². The predicted molar refractivity (Wildman–Crippen MR) is 67.1 cm³/mol. The lowest BCUT2D eigenvalue weighted by Crippen LogP contribution is -2.10. The first-order valence-corrected chi connectivity index (χ1v) is 5.73. The molecule has 0 amide bonds. The van der Waals surface area contributed by atoms with Crippen molar-refractivity contribution in [2.75, 3.05) is 18.9 Å². The minimum atomic E-state index is -0.369. The molecule has 0 heterocycles. The molecule has 94 valence electrons. The lowest BCUT2D eigenvalue weighted by atomic mass is 10.2. The summed E-state index contributed by atoms with van der Waals surface area (Å²) >= 11 is 0. The SMILES string of the molecule is CCOc1cc(N)cc(C(=O)OCC(C)C)c1. The number of hydrogen-bond acceptors (Lipinski definition) is 4. The van der Waals surface area contributed by atoms with Crippen LogP contribution >= 0.6 is 0 Å². The van der Waals surface area contributed by atoms with Crippen molar-refractivity contribution in [2.24, 2.45) is 5.92 Å². The van der Waals surface area contributed by atoms with Crippen molar-refractivity contribution >= 4 is 11.7 Å². The molecule has 0 aromatic heterocycles. The smallest absolute Gasteiger partial charge is 0.338 e. The number of ether oxygens (including phenoxy) is 2. The van der Waals surface area contributed by atoms with Crippen molar-refractivity contribution in [3.63, 3.8) is 0 Å². The Bertz CT molecular complexity index is 388. The molecule has 0 atom stereocenters. The second-order valence-electron chi connectivity index (χ2n) is 4.22. The minimum Gasteiger partial charge on any atom is -0.494 e. The van der Waals surface area contributed by atoms with Crippen LogP contribution in [0.15, 0.2) is 18.2 Å². The summed E-state index contributed by atoms with van der Waals surface area (Å²) in [5, 5.41) is 0. The van der Waals surface area contributed by atoms with Crippen molar-refractivity contribution in [1.82, 2.24) is 0 Å². The largest absolute Gasteiger partial charge is 0.494 e. The monoisotopic (exact) mass is 237 g/mol. The summed E-state index contributed by atoms with van der Waals surface area (Å²) in [7, 11) is 0. The fraction of sp³-hybridized carbons (Fsp3) is 0.462.